The predicted octanol–water partition coefficient (Wildman–Crippen LogP) is 3.30. The molecule has 0 heterocycles. The van der Waals surface area contributed by atoms with Crippen LogP contribution in [0, 0.1) is 0 Å². The van der Waals surface area contributed by atoms with E-state index in [1.54, 1.807) is 0 Å². The van der Waals surface area contributed by atoms with Gasteiger partial charge in [0, 0.05) is 7.11 Å². The van der Waals surface area contributed by atoms with Crippen LogP contribution < -0.4 is 10.1 Å². The lowest BCUT2D eigenvalue weighted by Crippen LogP contribution is -2.49. The summed E-state index contributed by atoms with van der Waals surface area (Å²) in [6.45, 7) is 4.09. The van der Waals surface area contributed by atoms with Crippen LogP contribution in [0.3, 0.4) is 0 Å². The van der Waals surface area contributed by atoms with Crippen molar-refractivity contribution in [2.75, 3.05) is 14.2 Å². The van der Waals surface area contributed by atoms with E-state index < -0.39 is 0 Å². The summed E-state index contributed by atoms with van der Waals surface area (Å²) < 4.78 is 11.6. The van der Waals surface area contributed by atoms with Crippen molar-refractivity contribution in [1.82, 2.24) is 5.32 Å². The molecule has 0 bridgehead atoms. The summed E-state index contributed by atoms with van der Waals surface area (Å²) in [6, 6.07) is 8.56. The van der Waals surface area contributed by atoms with Gasteiger partial charge in [-0.1, -0.05) is 12.1 Å². The van der Waals surface area contributed by atoms with Gasteiger partial charge < -0.3 is 14.8 Å². The van der Waals surface area contributed by atoms with E-state index in [-0.39, 0.29) is 17.7 Å². The lowest BCUT2D eigenvalue weighted by molar-refractivity contribution is -0.0983. The summed E-state index contributed by atoms with van der Waals surface area (Å²) in [7, 11) is 3.82. The van der Waals surface area contributed by atoms with Gasteiger partial charge in [-0.05, 0) is 57.9 Å². The van der Waals surface area contributed by atoms with Gasteiger partial charge in [0.2, 0.25) is 0 Å². The molecule has 0 spiro atoms. The SMILES string of the molecule is CNC(c1cccc(OC(C)C)c1)C1(OC)CCC1. The van der Waals surface area contributed by atoms with Crippen LogP contribution in [0.15, 0.2) is 24.3 Å². The van der Waals surface area contributed by atoms with Gasteiger partial charge in [0.1, 0.15) is 5.75 Å². The van der Waals surface area contributed by atoms with Gasteiger partial charge >= 0.3 is 0 Å². The molecule has 0 radical (unpaired) electrons. The first-order chi connectivity index (χ1) is 9.11. The molecule has 0 aliphatic heterocycles. The van der Waals surface area contributed by atoms with E-state index in [2.05, 4.69) is 23.5 Å². The maximum Gasteiger partial charge on any atom is 0.120 e. The summed E-state index contributed by atoms with van der Waals surface area (Å²) >= 11 is 0. The van der Waals surface area contributed by atoms with E-state index in [4.69, 9.17) is 9.47 Å². The van der Waals surface area contributed by atoms with Crippen molar-refractivity contribution in [2.45, 2.75) is 50.9 Å². The molecule has 3 heteroatoms. The van der Waals surface area contributed by atoms with E-state index in [0.717, 1.165) is 18.6 Å². The van der Waals surface area contributed by atoms with Gasteiger partial charge in [0.15, 0.2) is 0 Å². The summed E-state index contributed by atoms with van der Waals surface area (Å²) in [4.78, 5) is 0. The largest absolute Gasteiger partial charge is 0.491 e. The molecule has 1 aromatic carbocycles. The van der Waals surface area contributed by atoms with Crippen LogP contribution in [0.5, 0.6) is 5.75 Å². The molecule has 0 saturated heterocycles. The van der Waals surface area contributed by atoms with Gasteiger partial charge in [-0.15, -0.1) is 0 Å². The molecular weight excluding hydrogens is 238 g/mol. The number of ether oxygens (including phenoxy) is 2. The summed E-state index contributed by atoms with van der Waals surface area (Å²) in [5.74, 6) is 0.929. The van der Waals surface area contributed by atoms with Crippen molar-refractivity contribution < 1.29 is 9.47 Å². The third-order valence-corrected chi connectivity index (χ3v) is 3.98. The van der Waals surface area contributed by atoms with Crippen molar-refractivity contribution in [3.8, 4) is 5.75 Å². The minimum absolute atomic E-state index is 0.0504. The number of hydrogen-bond acceptors (Lipinski definition) is 3. The van der Waals surface area contributed by atoms with E-state index in [1.807, 2.05) is 34.1 Å². The Bertz CT molecular complexity index is 407. The smallest absolute Gasteiger partial charge is 0.120 e. The normalized spacial score (nSPS) is 19.0. The monoisotopic (exact) mass is 263 g/mol. The van der Waals surface area contributed by atoms with Crippen LogP contribution in [0.2, 0.25) is 0 Å². The van der Waals surface area contributed by atoms with Crippen LogP contribution in [0.1, 0.15) is 44.7 Å². The van der Waals surface area contributed by atoms with Crippen molar-refractivity contribution in [2.24, 2.45) is 0 Å². The Kier molecular flexibility index (Phi) is 4.48. The third-order valence-electron chi connectivity index (χ3n) is 3.98. The first-order valence-corrected chi connectivity index (χ1v) is 7.10. The second kappa shape index (κ2) is 5.93. The summed E-state index contributed by atoms with van der Waals surface area (Å²) in [5.41, 5.74) is 1.19. The molecule has 1 aromatic rings. The molecule has 1 aliphatic carbocycles. The topological polar surface area (TPSA) is 30.5 Å². The van der Waals surface area contributed by atoms with Gasteiger partial charge in [0.25, 0.3) is 0 Å². The lowest BCUT2D eigenvalue weighted by atomic mass is 9.72. The zero-order chi connectivity index (χ0) is 13.9. The fraction of sp³-hybridized carbons (Fsp3) is 0.625. The molecule has 1 atom stereocenters. The molecule has 19 heavy (non-hydrogen) atoms. The highest BCUT2D eigenvalue weighted by Crippen LogP contribution is 2.45. The Hall–Kier alpha value is -1.06. The first-order valence-electron chi connectivity index (χ1n) is 7.10. The second-order valence-corrected chi connectivity index (χ2v) is 5.58. The highest BCUT2D eigenvalue weighted by atomic mass is 16.5. The number of rotatable bonds is 6. The quantitative estimate of drug-likeness (QED) is 0.854. The average Bonchev–Trinajstić information content (AvgIpc) is 2.33. The minimum atomic E-state index is -0.0504. The molecule has 1 fully saturated rings. The van der Waals surface area contributed by atoms with Crippen molar-refractivity contribution in [3.63, 3.8) is 0 Å². The number of likely N-dealkylation sites (N-methyl/N-ethyl adjacent to an activating group) is 1. The molecule has 0 aromatic heterocycles. The van der Waals surface area contributed by atoms with Gasteiger partial charge in [0.05, 0.1) is 17.7 Å². The van der Waals surface area contributed by atoms with E-state index in [1.165, 1.54) is 12.0 Å². The Morgan fingerprint density at radius 2 is 2.00 bits per heavy atom. The van der Waals surface area contributed by atoms with Gasteiger partial charge in [-0.25, -0.2) is 0 Å². The predicted molar refractivity (Wildman–Crippen MR) is 77.6 cm³/mol. The maximum absolute atomic E-state index is 5.80. The van der Waals surface area contributed by atoms with E-state index >= 15 is 0 Å². The lowest BCUT2D eigenvalue weighted by Gasteiger charge is -2.46. The standard InChI is InChI=1S/C16H25NO2/c1-12(2)19-14-8-5-7-13(11-14)15(17-3)16(18-4)9-6-10-16/h5,7-8,11-12,15,17H,6,9-10H2,1-4H3. The Morgan fingerprint density at radius 3 is 2.47 bits per heavy atom. The van der Waals surface area contributed by atoms with Gasteiger partial charge in [-0.2, -0.15) is 0 Å². The van der Waals surface area contributed by atoms with Gasteiger partial charge in [-0.3, -0.25) is 0 Å². The molecule has 0 amide bonds. The Labute approximate surface area is 116 Å². The molecule has 3 nitrogen and oxygen atoms in total. The number of benzene rings is 1. The van der Waals surface area contributed by atoms with Crippen LogP contribution in [0.25, 0.3) is 0 Å². The van der Waals surface area contributed by atoms with E-state index in [9.17, 15) is 0 Å². The Morgan fingerprint density at radius 1 is 1.26 bits per heavy atom. The number of methoxy groups -OCH3 is 1. The molecule has 2 rings (SSSR count). The van der Waals surface area contributed by atoms with Crippen LogP contribution in [-0.2, 0) is 4.74 Å². The molecule has 1 unspecified atom stereocenters. The van der Waals surface area contributed by atoms with Crippen molar-refractivity contribution >= 4 is 0 Å². The summed E-state index contributed by atoms with van der Waals surface area (Å²) in [6.07, 6.45) is 3.67. The highest BCUT2D eigenvalue weighted by Gasteiger charge is 2.44. The summed E-state index contributed by atoms with van der Waals surface area (Å²) in [5, 5.41) is 3.41. The van der Waals surface area contributed by atoms with E-state index in [0.29, 0.717) is 0 Å². The van der Waals surface area contributed by atoms with Crippen LogP contribution in [-0.4, -0.2) is 25.9 Å². The average molecular weight is 263 g/mol. The van der Waals surface area contributed by atoms with Crippen LogP contribution in [0.4, 0.5) is 0 Å². The number of hydrogen-bond donors (Lipinski definition) is 1. The fourth-order valence-electron chi connectivity index (χ4n) is 2.91. The molecule has 1 aliphatic rings. The zero-order valence-electron chi connectivity index (χ0n) is 12.4. The number of nitrogens with one attached hydrogen (secondary N) is 1. The molecule has 1 saturated carbocycles. The fourth-order valence-corrected chi connectivity index (χ4v) is 2.91. The van der Waals surface area contributed by atoms with Crippen LogP contribution >= 0.6 is 0 Å². The van der Waals surface area contributed by atoms with Crippen molar-refractivity contribution in [3.05, 3.63) is 29.8 Å². The molecular formula is C16H25NO2. The Balaban J connectivity index is 2.23. The zero-order valence-corrected chi connectivity index (χ0v) is 12.4. The molecule has 106 valence electrons. The maximum atomic E-state index is 5.80. The minimum Gasteiger partial charge on any atom is -0.491 e. The second-order valence-electron chi connectivity index (χ2n) is 5.58. The highest BCUT2D eigenvalue weighted by molar-refractivity contribution is 5.33. The first kappa shape index (κ1) is 14.4. The third kappa shape index (κ3) is 2.93. The van der Waals surface area contributed by atoms with Crippen molar-refractivity contribution in [1.29, 1.82) is 0 Å². The molecule has 1 N–H and O–H groups in total.